The molecule has 1 aromatic rings. The molecule has 1 fully saturated rings. The lowest BCUT2D eigenvalue weighted by Gasteiger charge is -2.10. The fraction of sp³-hybridized carbons (Fsp3) is 0.357. The number of nitriles is 1. The minimum absolute atomic E-state index is 0.168. The molecule has 1 saturated carbocycles. The summed E-state index contributed by atoms with van der Waals surface area (Å²) in [5.74, 6) is -1.67. The van der Waals surface area contributed by atoms with E-state index in [1.54, 1.807) is 24.3 Å². The summed E-state index contributed by atoms with van der Waals surface area (Å²) in [6.07, 6.45) is 1.53. The second-order valence-electron chi connectivity index (χ2n) is 4.73. The molecular formula is C14H14N2O3. The molecule has 98 valence electrons. The number of aliphatic carboxylic acids is 1. The molecule has 1 amide bonds. The zero-order valence-corrected chi connectivity index (χ0v) is 10.3. The van der Waals surface area contributed by atoms with Gasteiger partial charge >= 0.3 is 5.97 Å². The Labute approximate surface area is 110 Å². The van der Waals surface area contributed by atoms with Gasteiger partial charge in [-0.25, -0.2) is 0 Å². The lowest BCUT2D eigenvalue weighted by atomic mass is 10.0. The standard InChI is InChI=1S/C14H14N2O3/c15-8-9-2-1-3-12(6-9)16-13(17)10-4-5-11(7-10)14(18)19/h1-3,6,10-11H,4-5,7H2,(H,16,17)(H,18,19)/t10-,11+/m1/s1. The van der Waals surface area contributed by atoms with Gasteiger partial charge < -0.3 is 10.4 Å². The highest BCUT2D eigenvalue weighted by Gasteiger charge is 2.33. The third kappa shape index (κ3) is 3.10. The Kier molecular flexibility index (Phi) is 3.81. The summed E-state index contributed by atoms with van der Waals surface area (Å²) in [5.41, 5.74) is 1.05. The van der Waals surface area contributed by atoms with Crippen molar-refractivity contribution in [2.24, 2.45) is 11.8 Å². The maximum absolute atomic E-state index is 12.0. The van der Waals surface area contributed by atoms with Crippen LogP contribution in [0, 0.1) is 23.2 Å². The van der Waals surface area contributed by atoms with E-state index in [0.29, 0.717) is 30.5 Å². The van der Waals surface area contributed by atoms with Crippen molar-refractivity contribution >= 4 is 17.6 Å². The number of amides is 1. The first-order chi connectivity index (χ1) is 9.10. The summed E-state index contributed by atoms with van der Waals surface area (Å²) in [7, 11) is 0. The number of carbonyl (C=O) groups is 2. The van der Waals surface area contributed by atoms with Crippen molar-refractivity contribution < 1.29 is 14.7 Å². The topological polar surface area (TPSA) is 90.2 Å². The van der Waals surface area contributed by atoms with Crippen molar-refractivity contribution in [3.8, 4) is 6.07 Å². The van der Waals surface area contributed by atoms with E-state index in [2.05, 4.69) is 5.32 Å². The van der Waals surface area contributed by atoms with Gasteiger partial charge in [0, 0.05) is 11.6 Å². The fourth-order valence-corrected chi connectivity index (χ4v) is 2.35. The number of carboxylic acids is 1. The molecule has 2 rings (SSSR count). The molecule has 2 N–H and O–H groups in total. The summed E-state index contributed by atoms with van der Waals surface area (Å²) in [6.45, 7) is 0. The zero-order chi connectivity index (χ0) is 13.8. The van der Waals surface area contributed by atoms with Gasteiger partial charge in [-0.3, -0.25) is 9.59 Å². The molecule has 1 aromatic carbocycles. The SMILES string of the molecule is N#Cc1cccc(NC(=O)[C@@H]2CC[C@H](C(=O)O)C2)c1. The van der Waals surface area contributed by atoms with Crippen LogP contribution in [0.25, 0.3) is 0 Å². The normalized spacial score (nSPS) is 21.6. The molecule has 0 saturated heterocycles. The molecule has 0 aromatic heterocycles. The molecule has 5 heteroatoms. The van der Waals surface area contributed by atoms with Crippen molar-refractivity contribution in [3.05, 3.63) is 29.8 Å². The number of hydrogen-bond acceptors (Lipinski definition) is 3. The summed E-state index contributed by atoms with van der Waals surface area (Å²) in [5, 5.41) is 20.4. The van der Waals surface area contributed by atoms with Gasteiger partial charge in [0.1, 0.15) is 0 Å². The van der Waals surface area contributed by atoms with Crippen molar-refractivity contribution in [1.82, 2.24) is 0 Å². The molecule has 1 aliphatic carbocycles. The second kappa shape index (κ2) is 5.53. The molecule has 0 radical (unpaired) electrons. The van der Waals surface area contributed by atoms with E-state index in [0.717, 1.165) is 0 Å². The second-order valence-corrected chi connectivity index (χ2v) is 4.73. The summed E-state index contributed by atoms with van der Waals surface area (Å²) < 4.78 is 0. The molecular weight excluding hydrogens is 244 g/mol. The number of anilines is 1. The first kappa shape index (κ1) is 13.1. The number of carbonyl (C=O) groups excluding carboxylic acids is 1. The zero-order valence-electron chi connectivity index (χ0n) is 10.3. The van der Waals surface area contributed by atoms with Crippen LogP contribution in [0.5, 0.6) is 0 Å². The predicted octanol–water partition coefficient (Wildman–Crippen LogP) is 2.00. The van der Waals surface area contributed by atoms with Crippen LogP contribution in [0.2, 0.25) is 0 Å². The van der Waals surface area contributed by atoms with Gasteiger partial charge in [0.15, 0.2) is 0 Å². The van der Waals surface area contributed by atoms with Crippen molar-refractivity contribution in [2.75, 3.05) is 5.32 Å². The monoisotopic (exact) mass is 258 g/mol. The third-order valence-electron chi connectivity index (χ3n) is 3.41. The highest BCUT2D eigenvalue weighted by atomic mass is 16.4. The van der Waals surface area contributed by atoms with E-state index >= 15 is 0 Å². The van der Waals surface area contributed by atoms with Gasteiger partial charge in [0.2, 0.25) is 5.91 Å². The Morgan fingerprint density at radius 1 is 1.32 bits per heavy atom. The first-order valence-corrected chi connectivity index (χ1v) is 6.14. The Morgan fingerprint density at radius 3 is 2.68 bits per heavy atom. The molecule has 0 bridgehead atoms. The number of carboxylic acid groups (broad SMARTS) is 1. The molecule has 0 unspecified atom stereocenters. The van der Waals surface area contributed by atoms with Gasteiger partial charge in [-0.05, 0) is 37.5 Å². The van der Waals surface area contributed by atoms with Gasteiger partial charge in [-0.2, -0.15) is 5.26 Å². The van der Waals surface area contributed by atoms with Crippen molar-refractivity contribution in [1.29, 1.82) is 5.26 Å². The van der Waals surface area contributed by atoms with Crippen LogP contribution in [-0.4, -0.2) is 17.0 Å². The van der Waals surface area contributed by atoms with Crippen LogP contribution in [0.3, 0.4) is 0 Å². The minimum atomic E-state index is -0.832. The lowest BCUT2D eigenvalue weighted by Crippen LogP contribution is -2.21. The highest BCUT2D eigenvalue weighted by molar-refractivity contribution is 5.93. The summed E-state index contributed by atoms with van der Waals surface area (Å²) >= 11 is 0. The van der Waals surface area contributed by atoms with Gasteiger partial charge in [0.05, 0.1) is 17.6 Å². The van der Waals surface area contributed by atoms with Crippen LogP contribution in [0.15, 0.2) is 24.3 Å². The predicted molar refractivity (Wildman–Crippen MR) is 68.3 cm³/mol. The third-order valence-corrected chi connectivity index (χ3v) is 3.41. The van der Waals surface area contributed by atoms with Crippen LogP contribution >= 0.6 is 0 Å². The van der Waals surface area contributed by atoms with Crippen LogP contribution in [0.1, 0.15) is 24.8 Å². The molecule has 19 heavy (non-hydrogen) atoms. The number of nitrogens with zero attached hydrogens (tertiary/aromatic N) is 1. The van der Waals surface area contributed by atoms with Crippen LogP contribution in [-0.2, 0) is 9.59 Å². The first-order valence-electron chi connectivity index (χ1n) is 6.14. The molecule has 0 heterocycles. The average Bonchev–Trinajstić information content (AvgIpc) is 2.89. The van der Waals surface area contributed by atoms with Crippen LogP contribution < -0.4 is 5.32 Å². The number of rotatable bonds is 3. The van der Waals surface area contributed by atoms with E-state index in [9.17, 15) is 9.59 Å². The highest BCUT2D eigenvalue weighted by Crippen LogP contribution is 2.31. The molecule has 5 nitrogen and oxygen atoms in total. The minimum Gasteiger partial charge on any atom is -0.481 e. The van der Waals surface area contributed by atoms with Gasteiger partial charge in [-0.15, -0.1) is 0 Å². The van der Waals surface area contributed by atoms with E-state index in [-0.39, 0.29) is 11.8 Å². The Morgan fingerprint density at radius 2 is 2.05 bits per heavy atom. The van der Waals surface area contributed by atoms with Crippen molar-refractivity contribution in [3.63, 3.8) is 0 Å². The molecule has 0 spiro atoms. The maximum atomic E-state index is 12.0. The number of benzene rings is 1. The van der Waals surface area contributed by atoms with Crippen LogP contribution in [0.4, 0.5) is 5.69 Å². The van der Waals surface area contributed by atoms with E-state index < -0.39 is 11.9 Å². The Hall–Kier alpha value is -2.35. The fourth-order valence-electron chi connectivity index (χ4n) is 2.35. The largest absolute Gasteiger partial charge is 0.481 e. The maximum Gasteiger partial charge on any atom is 0.306 e. The van der Waals surface area contributed by atoms with E-state index in [1.165, 1.54) is 0 Å². The average molecular weight is 258 g/mol. The number of nitrogens with one attached hydrogen (secondary N) is 1. The Balaban J connectivity index is 1.98. The molecule has 2 atom stereocenters. The summed E-state index contributed by atoms with van der Waals surface area (Å²) in [4.78, 5) is 22.8. The van der Waals surface area contributed by atoms with Gasteiger partial charge in [-0.1, -0.05) is 6.07 Å². The van der Waals surface area contributed by atoms with Gasteiger partial charge in [0.25, 0.3) is 0 Å². The summed E-state index contributed by atoms with van der Waals surface area (Å²) in [6, 6.07) is 8.67. The smallest absolute Gasteiger partial charge is 0.306 e. The van der Waals surface area contributed by atoms with Crippen molar-refractivity contribution in [2.45, 2.75) is 19.3 Å². The Bertz CT molecular complexity index is 548. The molecule has 0 aliphatic heterocycles. The number of hydrogen-bond donors (Lipinski definition) is 2. The molecule has 1 aliphatic rings. The van der Waals surface area contributed by atoms with E-state index in [4.69, 9.17) is 10.4 Å². The lowest BCUT2D eigenvalue weighted by molar-refractivity contribution is -0.141. The van der Waals surface area contributed by atoms with E-state index in [1.807, 2.05) is 6.07 Å². The quantitative estimate of drug-likeness (QED) is 0.867.